The first-order valence-electron chi connectivity index (χ1n) is 6.81. The molecule has 0 aliphatic heterocycles. The van der Waals surface area contributed by atoms with E-state index >= 15 is 0 Å². The quantitative estimate of drug-likeness (QED) is 0.746. The first-order valence-corrected chi connectivity index (χ1v) is 6.81. The molecule has 1 aliphatic carbocycles. The lowest BCUT2D eigenvalue weighted by Crippen LogP contribution is -2.31. The predicted octanol–water partition coefficient (Wildman–Crippen LogP) is 1.82. The number of amides is 1. The molecule has 0 heterocycles. The molecule has 1 amide bonds. The van der Waals surface area contributed by atoms with Gasteiger partial charge in [-0.15, -0.1) is 0 Å². The fourth-order valence-electron chi connectivity index (χ4n) is 2.33. The summed E-state index contributed by atoms with van der Waals surface area (Å²) in [4.78, 5) is 12.3. The molecule has 1 aliphatic rings. The summed E-state index contributed by atoms with van der Waals surface area (Å²) >= 11 is 0. The molecule has 0 atom stereocenters. The van der Waals surface area contributed by atoms with Crippen molar-refractivity contribution in [1.29, 1.82) is 0 Å². The Kier molecular flexibility index (Phi) is 4.49. The van der Waals surface area contributed by atoms with E-state index in [4.69, 9.17) is 15.2 Å². The summed E-state index contributed by atoms with van der Waals surface area (Å²) in [6, 6.07) is 5.21. The van der Waals surface area contributed by atoms with Gasteiger partial charge in [0.2, 0.25) is 0 Å². The van der Waals surface area contributed by atoms with E-state index in [1.54, 1.807) is 25.3 Å². The van der Waals surface area contributed by atoms with Crippen molar-refractivity contribution in [2.24, 2.45) is 5.41 Å². The second-order valence-electron chi connectivity index (χ2n) is 5.35. The van der Waals surface area contributed by atoms with E-state index in [1.807, 2.05) is 0 Å². The topological polar surface area (TPSA) is 73.6 Å². The Morgan fingerprint density at radius 2 is 2.15 bits per heavy atom. The number of methoxy groups -OCH3 is 2. The number of ether oxygens (including phenoxy) is 2. The number of hydrogen-bond acceptors (Lipinski definition) is 4. The largest absolute Gasteiger partial charge is 0.496 e. The van der Waals surface area contributed by atoms with Crippen LogP contribution in [0.3, 0.4) is 0 Å². The number of carbonyl (C=O) groups is 1. The minimum absolute atomic E-state index is 0.177. The minimum Gasteiger partial charge on any atom is -0.496 e. The van der Waals surface area contributed by atoms with Crippen LogP contribution < -0.4 is 15.8 Å². The molecule has 5 nitrogen and oxygen atoms in total. The number of nitrogens with one attached hydrogen (secondary N) is 1. The van der Waals surface area contributed by atoms with Crippen LogP contribution in [0.4, 0.5) is 5.69 Å². The van der Waals surface area contributed by atoms with Crippen LogP contribution in [0.15, 0.2) is 18.2 Å². The third-order valence-corrected chi connectivity index (χ3v) is 3.92. The van der Waals surface area contributed by atoms with Crippen molar-refractivity contribution in [3.05, 3.63) is 23.8 Å². The number of nitrogen functional groups attached to an aromatic ring is 1. The maximum absolute atomic E-state index is 12.3. The number of hydrogen-bond donors (Lipinski definition) is 2. The minimum atomic E-state index is -0.177. The fraction of sp³-hybridized carbons (Fsp3) is 0.533. The molecule has 0 saturated heterocycles. The third-order valence-electron chi connectivity index (χ3n) is 3.92. The summed E-state index contributed by atoms with van der Waals surface area (Å²) < 4.78 is 10.3. The predicted molar refractivity (Wildman–Crippen MR) is 77.9 cm³/mol. The summed E-state index contributed by atoms with van der Waals surface area (Å²) in [6.07, 6.45) is 3.25. The molecule has 0 aromatic heterocycles. The maximum Gasteiger partial charge on any atom is 0.257 e. The van der Waals surface area contributed by atoms with Gasteiger partial charge in [0, 0.05) is 25.9 Å². The van der Waals surface area contributed by atoms with Crippen molar-refractivity contribution in [3.63, 3.8) is 0 Å². The average Bonchev–Trinajstić information content (AvgIpc) is 3.23. The van der Waals surface area contributed by atoms with Gasteiger partial charge in [0.1, 0.15) is 11.3 Å². The Morgan fingerprint density at radius 3 is 2.75 bits per heavy atom. The van der Waals surface area contributed by atoms with E-state index in [9.17, 15) is 4.79 Å². The van der Waals surface area contributed by atoms with Crippen molar-refractivity contribution in [2.45, 2.75) is 19.3 Å². The smallest absolute Gasteiger partial charge is 0.257 e. The second-order valence-corrected chi connectivity index (χ2v) is 5.35. The zero-order valence-electron chi connectivity index (χ0n) is 12.1. The monoisotopic (exact) mass is 278 g/mol. The highest BCUT2D eigenvalue weighted by Crippen LogP contribution is 2.48. The van der Waals surface area contributed by atoms with Gasteiger partial charge in [-0.05, 0) is 36.8 Å². The van der Waals surface area contributed by atoms with Crippen LogP contribution in [0, 0.1) is 5.41 Å². The van der Waals surface area contributed by atoms with Gasteiger partial charge in [-0.3, -0.25) is 4.79 Å². The molecule has 0 spiro atoms. The van der Waals surface area contributed by atoms with Crippen molar-refractivity contribution >= 4 is 11.6 Å². The van der Waals surface area contributed by atoms with Gasteiger partial charge in [-0.1, -0.05) is 6.07 Å². The van der Waals surface area contributed by atoms with Gasteiger partial charge in [0.05, 0.1) is 7.11 Å². The Bertz CT molecular complexity index is 484. The summed E-state index contributed by atoms with van der Waals surface area (Å²) in [6.45, 7) is 1.39. The van der Waals surface area contributed by atoms with E-state index in [0.29, 0.717) is 23.5 Å². The van der Waals surface area contributed by atoms with Crippen LogP contribution in [-0.2, 0) is 4.74 Å². The molecule has 1 saturated carbocycles. The highest BCUT2D eigenvalue weighted by atomic mass is 16.5. The highest BCUT2D eigenvalue weighted by Gasteiger charge is 2.42. The van der Waals surface area contributed by atoms with Crippen LogP contribution in [0.25, 0.3) is 0 Å². The van der Waals surface area contributed by atoms with Crippen molar-refractivity contribution < 1.29 is 14.3 Å². The third kappa shape index (κ3) is 3.22. The number of rotatable bonds is 7. The summed E-state index contributed by atoms with van der Waals surface area (Å²) in [7, 11) is 3.23. The van der Waals surface area contributed by atoms with Gasteiger partial charge < -0.3 is 20.5 Å². The molecule has 20 heavy (non-hydrogen) atoms. The number of benzene rings is 1. The van der Waals surface area contributed by atoms with Gasteiger partial charge in [0.15, 0.2) is 0 Å². The Balaban J connectivity index is 1.99. The lowest BCUT2D eigenvalue weighted by atomic mass is 10.0. The molecule has 0 bridgehead atoms. The Morgan fingerprint density at radius 1 is 1.40 bits per heavy atom. The maximum atomic E-state index is 12.3. The highest BCUT2D eigenvalue weighted by molar-refractivity contribution is 6.01. The molecule has 110 valence electrons. The van der Waals surface area contributed by atoms with Gasteiger partial charge >= 0.3 is 0 Å². The van der Waals surface area contributed by atoms with Crippen LogP contribution >= 0.6 is 0 Å². The summed E-state index contributed by atoms with van der Waals surface area (Å²) in [5.74, 6) is 0.327. The molecular weight excluding hydrogens is 256 g/mol. The molecule has 2 rings (SSSR count). The molecular formula is C15H22N2O3. The number of anilines is 1. The number of carbonyl (C=O) groups excluding carboxylic acids is 1. The summed E-state index contributed by atoms with van der Waals surface area (Å²) in [5.41, 5.74) is 6.93. The fourth-order valence-corrected chi connectivity index (χ4v) is 2.33. The Labute approximate surface area is 119 Å². The molecule has 1 fully saturated rings. The van der Waals surface area contributed by atoms with E-state index in [1.165, 1.54) is 7.11 Å². The van der Waals surface area contributed by atoms with E-state index in [-0.39, 0.29) is 11.3 Å². The first kappa shape index (κ1) is 14.7. The SMILES string of the molecule is COCCC1(CNC(=O)c2c(N)cccc2OC)CC1. The molecule has 0 unspecified atom stereocenters. The summed E-state index contributed by atoms with van der Waals surface area (Å²) in [5, 5.41) is 2.97. The zero-order chi connectivity index (χ0) is 14.6. The molecule has 5 heteroatoms. The van der Waals surface area contributed by atoms with Gasteiger partial charge in [-0.25, -0.2) is 0 Å². The number of nitrogens with two attached hydrogens (primary N) is 1. The molecule has 1 aromatic rings. The van der Waals surface area contributed by atoms with Gasteiger partial charge in [-0.2, -0.15) is 0 Å². The standard InChI is InChI=1S/C15H22N2O3/c1-19-9-8-15(6-7-15)10-17-14(18)13-11(16)4-3-5-12(13)20-2/h3-5H,6-10,16H2,1-2H3,(H,17,18). The van der Waals surface area contributed by atoms with Crippen LogP contribution in [0.1, 0.15) is 29.6 Å². The van der Waals surface area contributed by atoms with E-state index < -0.39 is 0 Å². The van der Waals surface area contributed by atoms with Crippen molar-refractivity contribution in [1.82, 2.24) is 5.32 Å². The van der Waals surface area contributed by atoms with E-state index in [2.05, 4.69) is 5.32 Å². The van der Waals surface area contributed by atoms with Gasteiger partial charge in [0.25, 0.3) is 5.91 Å². The van der Waals surface area contributed by atoms with Crippen LogP contribution in [-0.4, -0.2) is 33.3 Å². The molecule has 1 aromatic carbocycles. The first-order chi connectivity index (χ1) is 9.62. The second kappa shape index (κ2) is 6.13. The van der Waals surface area contributed by atoms with Crippen LogP contribution in [0.2, 0.25) is 0 Å². The van der Waals surface area contributed by atoms with Crippen LogP contribution in [0.5, 0.6) is 5.75 Å². The lowest BCUT2D eigenvalue weighted by Gasteiger charge is -2.17. The molecule has 0 radical (unpaired) electrons. The van der Waals surface area contributed by atoms with Crippen molar-refractivity contribution in [3.8, 4) is 5.75 Å². The normalized spacial score (nSPS) is 15.7. The lowest BCUT2D eigenvalue weighted by molar-refractivity contribution is 0.0936. The average molecular weight is 278 g/mol. The van der Waals surface area contributed by atoms with E-state index in [0.717, 1.165) is 25.9 Å². The Hall–Kier alpha value is -1.75. The zero-order valence-corrected chi connectivity index (χ0v) is 12.1. The molecule has 3 N–H and O–H groups in total. The van der Waals surface area contributed by atoms with Crippen molar-refractivity contribution in [2.75, 3.05) is 33.1 Å².